The highest BCUT2D eigenvalue weighted by Gasteiger charge is 2.44. The Hall–Kier alpha value is -2.04. The van der Waals surface area contributed by atoms with Crippen molar-refractivity contribution in [2.75, 3.05) is 18.4 Å². The van der Waals surface area contributed by atoms with Gasteiger partial charge in [0.15, 0.2) is 10.8 Å². The Balaban J connectivity index is 1.40. The fourth-order valence-corrected chi connectivity index (χ4v) is 4.60. The van der Waals surface area contributed by atoms with E-state index in [1.807, 2.05) is 0 Å². The van der Waals surface area contributed by atoms with E-state index >= 15 is 0 Å². The first-order valence-corrected chi connectivity index (χ1v) is 10.2. The number of fused-ring (bicyclic) bond motifs is 1. The van der Waals surface area contributed by atoms with E-state index in [0.29, 0.717) is 48.7 Å². The summed E-state index contributed by atoms with van der Waals surface area (Å²) in [6, 6.07) is 4.70. The Labute approximate surface area is 173 Å². The number of piperidine rings is 1. The van der Waals surface area contributed by atoms with Crippen molar-refractivity contribution in [2.45, 2.75) is 37.1 Å². The minimum Gasteiger partial charge on any atom is -0.485 e. The summed E-state index contributed by atoms with van der Waals surface area (Å²) < 4.78 is 44.1. The molecule has 1 unspecified atom stereocenters. The second-order valence-electron chi connectivity index (χ2n) is 7.12. The van der Waals surface area contributed by atoms with Crippen LogP contribution in [0, 0.1) is 0 Å². The van der Waals surface area contributed by atoms with Gasteiger partial charge in [-0.25, -0.2) is 9.78 Å². The van der Waals surface area contributed by atoms with Crippen molar-refractivity contribution in [1.82, 2.24) is 9.88 Å². The number of ether oxygens (including phenoxy) is 1. The van der Waals surface area contributed by atoms with E-state index in [-0.39, 0.29) is 5.13 Å². The summed E-state index contributed by atoms with van der Waals surface area (Å²) in [5.74, 6) is 0.466. The van der Waals surface area contributed by atoms with Gasteiger partial charge in [0, 0.05) is 43.3 Å². The van der Waals surface area contributed by atoms with Gasteiger partial charge in [0.05, 0.1) is 11.1 Å². The molecule has 11 heteroatoms. The number of amides is 2. The molecule has 2 aromatic rings. The lowest BCUT2D eigenvalue weighted by molar-refractivity contribution is -0.140. The first-order chi connectivity index (χ1) is 13.7. The van der Waals surface area contributed by atoms with Gasteiger partial charge in [-0.2, -0.15) is 13.2 Å². The number of aliphatic hydroxyl groups is 1. The maximum Gasteiger partial charge on any atom is 0.434 e. The SMILES string of the molecule is O=C(Nc1nc(C(F)(F)F)cs1)N1CCC2(CC1)CC(O)c1cccc(Cl)c1O2. The summed E-state index contributed by atoms with van der Waals surface area (Å²) in [5, 5.41) is 14.1. The Bertz CT molecular complexity index is 929. The highest BCUT2D eigenvalue weighted by molar-refractivity contribution is 7.13. The molecule has 0 radical (unpaired) electrons. The van der Waals surface area contributed by atoms with Crippen LogP contribution in [0.25, 0.3) is 0 Å². The van der Waals surface area contributed by atoms with Crippen LogP contribution in [0.3, 0.4) is 0 Å². The van der Waals surface area contributed by atoms with E-state index in [2.05, 4.69) is 10.3 Å². The summed E-state index contributed by atoms with van der Waals surface area (Å²) in [6.45, 7) is 0.658. The number of nitrogens with zero attached hydrogens (tertiary/aromatic N) is 2. The topological polar surface area (TPSA) is 74.7 Å². The molecule has 1 aromatic heterocycles. The standard InChI is InChI=1S/C18H17ClF3N3O3S/c19-11-3-1-2-10-12(26)8-17(28-14(10)11)4-6-25(7-5-17)16(27)24-15-23-13(9-29-15)18(20,21)22/h1-3,9,12,26H,4-8H2,(H,23,24,27). The minimum absolute atomic E-state index is 0.104. The van der Waals surface area contributed by atoms with E-state index in [4.69, 9.17) is 16.3 Å². The van der Waals surface area contributed by atoms with Crippen LogP contribution in [0.2, 0.25) is 5.02 Å². The number of benzene rings is 1. The molecule has 3 heterocycles. The van der Waals surface area contributed by atoms with Crippen LogP contribution in [0.1, 0.15) is 36.6 Å². The summed E-state index contributed by atoms with van der Waals surface area (Å²) in [7, 11) is 0. The molecule has 4 rings (SSSR count). The van der Waals surface area contributed by atoms with Crippen molar-refractivity contribution in [2.24, 2.45) is 0 Å². The molecular formula is C18H17ClF3N3O3S. The first kappa shape index (κ1) is 20.2. The number of nitrogens with one attached hydrogen (secondary N) is 1. The summed E-state index contributed by atoms with van der Waals surface area (Å²) >= 11 is 6.94. The number of halogens is 4. The van der Waals surface area contributed by atoms with Crippen LogP contribution in [0.15, 0.2) is 23.6 Å². The van der Waals surface area contributed by atoms with Gasteiger partial charge in [0.2, 0.25) is 0 Å². The molecular weight excluding hydrogens is 431 g/mol. The number of aliphatic hydroxyl groups excluding tert-OH is 1. The second kappa shape index (κ2) is 7.33. The molecule has 156 valence electrons. The molecule has 2 amide bonds. The van der Waals surface area contributed by atoms with Crippen LogP contribution < -0.4 is 10.1 Å². The zero-order valence-electron chi connectivity index (χ0n) is 15.0. The second-order valence-corrected chi connectivity index (χ2v) is 8.38. The quantitative estimate of drug-likeness (QED) is 0.664. The van der Waals surface area contributed by atoms with E-state index in [9.17, 15) is 23.1 Å². The fraction of sp³-hybridized carbons (Fsp3) is 0.444. The van der Waals surface area contributed by atoms with Gasteiger partial charge in [-0.15, -0.1) is 11.3 Å². The lowest BCUT2D eigenvalue weighted by Crippen LogP contribution is -2.52. The molecule has 2 aliphatic heterocycles. The van der Waals surface area contributed by atoms with Crippen molar-refractivity contribution < 1.29 is 27.8 Å². The molecule has 0 saturated carbocycles. The molecule has 1 spiro atoms. The van der Waals surface area contributed by atoms with E-state index < -0.39 is 29.6 Å². The number of hydrogen-bond acceptors (Lipinski definition) is 5. The third-order valence-electron chi connectivity index (χ3n) is 5.21. The number of likely N-dealkylation sites (tertiary alicyclic amines) is 1. The largest absolute Gasteiger partial charge is 0.485 e. The maximum atomic E-state index is 12.6. The minimum atomic E-state index is -4.55. The fourth-order valence-electron chi connectivity index (χ4n) is 3.67. The van der Waals surface area contributed by atoms with E-state index in [1.165, 1.54) is 4.90 Å². The van der Waals surface area contributed by atoms with Crippen molar-refractivity contribution in [3.05, 3.63) is 39.9 Å². The van der Waals surface area contributed by atoms with Crippen LogP contribution in [-0.2, 0) is 6.18 Å². The molecule has 1 fully saturated rings. The number of carbonyl (C=O) groups excluding carboxylic acids is 1. The van der Waals surface area contributed by atoms with Crippen LogP contribution in [0.4, 0.5) is 23.1 Å². The molecule has 0 aliphatic carbocycles. The van der Waals surface area contributed by atoms with Gasteiger partial charge in [0.25, 0.3) is 0 Å². The number of carbonyl (C=O) groups is 1. The molecule has 6 nitrogen and oxygen atoms in total. The maximum absolute atomic E-state index is 12.6. The summed E-state index contributed by atoms with van der Waals surface area (Å²) in [6.07, 6.45) is -3.94. The van der Waals surface area contributed by atoms with E-state index in [1.54, 1.807) is 18.2 Å². The van der Waals surface area contributed by atoms with Crippen molar-refractivity contribution in [1.29, 1.82) is 0 Å². The molecule has 1 saturated heterocycles. The third kappa shape index (κ3) is 4.01. The zero-order valence-corrected chi connectivity index (χ0v) is 16.6. The molecule has 2 N–H and O–H groups in total. The van der Waals surface area contributed by atoms with Gasteiger partial charge in [-0.05, 0) is 6.07 Å². The highest BCUT2D eigenvalue weighted by atomic mass is 35.5. The van der Waals surface area contributed by atoms with Crippen molar-refractivity contribution in [3.8, 4) is 5.75 Å². The molecule has 0 bridgehead atoms. The number of rotatable bonds is 1. The van der Waals surface area contributed by atoms with Crippen LogP contribution in [-0.4, -0.2) is 39.7 Å². The zero-order chi connectivity index (χ0) is 20.8. The Kier molecular flexibility index (Phi) is 5.12. The van der Waals surface area contributed by atoms with Gasteiger partial charge in [-0.3, -0.25) is 5.32 Å². The molecule has 29 heavy (non-hydrogen) atoms. The molecule has 1 atom stereocenters. The number of alkyl halides is 3. The molecule has 2 aliphatic rings. The lowest BCUT2D eigenvalue weighted by atomic mass is 9.82. The summed E-state index contributed by atoms with van der Waals surface area (Å²) in [4.78, 5) is 17.3. The predicted octanol–water partition coefficient (Wildman–Crippen LogP) is 4.70. The number of para-hydroxylation sites is 1. The number of hydrogen-bond donors (Lipinski definition) is 2. The number of aromatic nitrogens is 1. The van der Waals surface area contributed by atoms with Crippen molar-refractivity contribution >= 4 is 34.1 Å². The third-order valence-corrected chi connectivity index (χ3v) is 6.27. The van der Waals surface area contributed by atoms with Gasteiger partial charge < -0.3 is 14.7 Å². The number of thiazole rings is 1. The summed E-state index contributed by atoms with van der Waals surface area (Å²) in [5.41, 5.74) is -1.03. The average Bonchev–Trinajstić information content (AvgIpc) is 3.12. The Morgan fingerprint density at radius 2 is 2.10 bits per heavy atom. The van der Waals surface area contributed by atoms with Crippen LogP contribution >= 0.6 is 22.9 Å². The molecule has 1 aromatic carbocycles. The van der Waals surface area contributed by atoms with Gasteiger partial charge >= 0.3 is 12.2 Å². The lowest BCUT2D eigenvalue weighted by Gasteiger charge is -2.46. The Morgan fingerprint density at radius 1 is 1.38 bits per heavy atom. The number of anilines is 1. The van der Waals surface area contributed by atoms with Crippen LogP contribution in [0.5, 0.6) is 5.75 Å². The van der Waals surface area contributed by atoms with Crippen molar-refractivity contribution in [3.63, 3.8) is 0 Å². The predicted molar refractivity (Wildman–Crippen MR) is 101 cm³/mol. The smallest absolute Gasteiger partial charge is 0.434 e. The monoisotopic (exact) mass is 447 g/mol. The number of urea groups is 1. The van der Waals surface area contributed by atoms with Gasteiger partial charge in [-0.1, -0.05) is 23.7 Å². The normalized spacial score (nSPS) is 20.9. The average molecular weight is 448 g/mol. The highest BCUT2D eigenvalue weighted by Crippen LogP contribution is 2.47. The first-order valence-electron chi connectivity index (χ1n) is 8.91. The van der Waals surface area contributed by atoms with E-state index in [0.717, 1.165) is 16.7 Å². The Morgan fingerprint density at radius 3 is 2.76 bits per heavy atom. The van der Waals surface area contributed by atoms with Gasteiger partial charge in [0.1, 0.15) is 11.4 Å².